The summed E-state index contributed by atoms with van der Waals surface area (Å²) in [6, 6.07) is -0.549. The lowest BCUT2D eigenvalue weighted by atomic mass is 10.1. The van der Waals surface area contributed by atoms with Gasteiger partial charge in [0, 0.05) is 17.9 Å². The van der Waals surface area contributed by atoms with Crippen molar-refractivity contribution < 1.29 is 9.59 Å². The van der Waals surface area contributed by atoms with Crippen molar-refractivity contribution in [1.82, 2.24) is 30.2 Å². The number of urea groups is 1. The van der Waals surface area contributed by atoms with Gasteiger partial charge in [0.2, 0.25) is 11.1 Å². The lowest BCUT2D eigenvalue weighted by molar-refractivity contribution is -0.117. The highest BCUT2D eigenvalue weighted by atomic mass is 32.2. The highest BCUT2D eigenvalue weighted by Gasteiger charge is 2.15. The van der Waals surface area contributed by atoms with Crippen LogP contribution in [0.3, 0.4) is 0 Å². The van der Waals surface area contributed by atoms with Crippen LogP contribution in [0.1, 0.15) is 36.7 Å². The number of fused-ring (bicyclic) bond motifs is 1. The van der Waals surface area contributed by atoms with Crippen molar-refractivity contribution in [2.45, 2.75) is 45.2 Å². The molecule has 0 aliphatic carbocycles. The topological polar surface area (TPSA) is 101 Å². The fourth-order valence-corrected chi connectivity index (χ4v) is 3.09. The molecule has 0 radical (unpaired) electrons. The van der Waals surface area contributed by atoms with Gasteiger partial charge in [0.25, 0.3) is 5.78 Å². The van der Waals surface area contributed by atoms with Crippen molar-refractivity contribution in [3.05, 3.63) is 29.6 Å². The maximum Gasteiger partial charge on any atom is 0.321 e. The Labute approximate surface area is 156 Å². The quantitative estimate of drug-likeness (QED) is 0.541. The normalized spacial score (nSPS) is 10.7. The summed E-state index contributed by atoms with van der Waals surface area (Å²) < 4.78 is 1.72. The van der Waals surface area contributed by atoms with Crippen LogP contribution in [0.2, 0.25) is 0 Å². The number of hydrogen-bond donors (Lipinski definition) is 2. The molecule has 9 heteroatoms. The highest BCUT2D eigenvalue weighted by Crippen LogP contribution is 2.19. The molecule has 2 rings (SSSR count). The van der Waals surface area contributed by atoms with Crippen LogP contribution < -0.4 is 10.6 Å². The maximum absolute atomic E-state index is 11.8. The predicted octanol–water partition coefficient (Wildman–Crippen LogP) is 2.19. The number of carbonyl (C=O) groups is 2. The van der Waals surface area contributed by atoms with E-state index in [1.165, 1.54) is 11.6 Å². The second kappa shape index (κ2) is 9.33. The van der Waals surface area contributed by atoms with Gasteiger partial charge in [-0.1, -0.05) is 31.2 Å². The van der Waals surface area contributed by atoms with E-state index < -0.39 is 11.9 Å². The number of nitrogens with one attached hydrogen (secondary N) is 2. The third-order valence-electron chi connectivity index (χ3n) is 3.80. The number of imide groups is 1. The summed E-state index contributed by atoms with van der Waals surface area (Å²) in [5, 5.41) is 9.60. The molecule has 2 aromatic rings. The van der Waals surface area contributed by atoms with Crippen LogP contribution >= 0.6 is 11.8 Å². The zero-order valence-corrected chi connectivity index (χ0v) is 16.2. The van der Waals surface area contributed by atoms with Gasteiger partial charge in [-0.3, -0.25) is 10.1 Å². The monoisotopic (exact) mass is 376 g/mol. The smallest absolute Gasteiger partial charge is 0.321 e. The van der Waals surface area contributed by atoms with Gasteiger partial charge in [-0.25, -0.2) is 14.3 Å². The molecule has 0 bridgehead atoms. The SMILES string of the molecule is C=CCNC(=O)NC(=O)CSc1nc2nc(C)c(CCCC)c(C)n2n1. The Morgan fingerprint density at radius 1 is 1.31 bits per heavy atom. The van der Waals surface area contributed by atoms with E-state index in [2.05, 4.69) is 39.2 Å². The Balaban J connectivity index is 2.04. The van der Waals surface area contributed by atoms with E-state index in [0.717, 1.165) is 42.4 Å². The molecule has 0 aliphatic heterocycles. The van der Waals surface area contributed by atoms with Gasteiger partial charge in [0.05, 0.1) is 5.75 Å². The van der Waals surface area contributed by atoms with Gasteiger partial charge < -0.3 is 5.32 Å². The first kappa shape index (κ1) is 19.9. The Hall–Kier alpha value is -2.42. The van der Waals surface area contributed by atoms with Gasteiger partial charge in [-0.15, -0.1) is 11.7 Å². The van der Waals surface area contributed by atoms with Crippen molar-refractivity contribution >= 4 is 29.5 Å². The molecular weight excluding hydrogens is 352 g/mol. The molecule has 26 heavy (non-hydrogen) atoms. The van der Waals surface area contributed by atoms with E-state index in [9.17, 15) is 9.59 Å². The third-order valence-corrected chi connectivity index (χ3v) is 4.64. The van der Waals surface area contributed by atoms with E-state index in [-0.39, 0.29) is 5.75 Å². The van der Waals surface area contributed by atoms with Crippen molar-refractivity contribution in [2.75, 3.05) is 12.3 Å². The summed E-state index contributed by atoms with van der Waals surface area (Å²) in [5.74, 6) is 0.144. The first-order chi connectivity index (χ1) is 12.5. The minimum atomic E-state index is -0.549. The molecule has 0 atom stereocenters. The Morgan fingerprint density at radius 2 is 2.08 bits per heavy atom. The fourth-order valence-electron chi connectivity index (χ4n) is 2.47. The number of rotatable bonds is 8. The molecule has 8 nitrogen and oxygen atoms in total. The summed E-state index contributed by atoms with van der Waals surface area (Å²) in [4.78, 5) is 32.1. The summed E-state index contributed by atoms with van der Waals surface area (Å²) in [6.07, 6.45) is 4.71. The minimum absolute atomic E-state index is 0.0408. The molecule has 140 valence electrons. The van der Waals surface area contributed by atoms with Crippen molar-refractivity contribution in [2.24, 2.45) is 0 Å². The number of amides is 3. The number of nitrogens with zero attached hydrogens (tertiary/aromatic N) is 4. The van der Waals surface area contributed by atoms with Gasteiger partial charge in [0.15, 0.2) is 0 Å². The molecule has 0 fully saturated rings. The summed E-state index contributed by atoms with van der Waals surface area (Å²) in [7, 11) is 0. The zero-order chi connectivity index (χ0) is 19.1. The molecule has 0 unspecified atom stereocenters. The Bertz CT molecular complexity index is 817. The molecule has 3 amide bonds. The van der Waals surface area contributed by atoms with Crippen LogP contribution in [-0.2, 0) is 11.2 Å². The summed E-state index contributed by atoms with van der Waals surface area (Å²) in [5.41, 5.74) is 3.18. The second-order valence-electron chi connectivity index (χ2n) is 5.81. The molecule has 0 spiro atoms. The van der Waals surface area contributed by atoms with E-state index in [1.54, 1.807) is 4.52 Å². The Kier molecular flexibility index (Phi) is 7.14. The van der Waals surface area contributed by atoms with Crippen LogP contribution in [0.15, 0.2) is 17.8 Å². The van der Waals surface area contributed by atoms with Crippen LogP contribution in [-0.4, -0.2) is 43.8 Å². The molecule has 2 aromatic heterocycles. The van der Waals surface area contributed by atoms with Crippen molar-refractivity contribution in [3.8, 4) is 0 Å². The fraction of sp³-hybridized carbons (Fsp3) is 0.471. The molecule has 2 N–H and O–H groups in total. The molecule has 0 saturated heterocycles. The summed E-state index contributed by atoms with van der Waals surface area (Å²) in [6.45, 7) is 9.93. The number of aryl methyl sites for hydroxylation is 2. The largest absolute Gasteiger partial charge is 0.334 e. The lowest BCUT2D eigenvalue weighted by Gasteiger charge is -2.09. The molecule has 0 aliphatic rings. The van der Waals surface area contributed by atoms with Crippen LogP contribution in [0, 0.1) is 13.8 Å². The van der Waals surface area contributed by atoms with Crippen LogP contribution in [0.5, 0.6) is 0 Å². The number of thioether (sulfide) groups is 1. The predicted molar refractivity (Wildman–Crippen MR) is 101 cm³/mol. The zero-order valence-electron chi connectivity index (χ0n) is 15.3. The van der Waals surface area contributed by atoms with Crippen LogP contribution in [0.4, 0.5) is 4.79 Å². The van der Waals surface area contributed by atoms with Crippen molar-refractivity contribution in [1.29, 1.82) is 0 Å². The average molecular weight is 376 g/mol. The van der Waals surface area contributed by atoms with Gasteiger partial charge in [-0.2, -0.15) is 4.98 Å². The number of carbonyl (C=O) groups excluding carboxylic acids is 2. The second-order valence-corrected chi connectivity index (χ2v) is 6.75. The van der Waals surface area contributed by atoms with E-state index >= 15 is 0 Å². The van der Waals surface area contributed by atoms with Crippen LogP contribution in [0.25, 0.3) is 5.78 Å². The molecular formula is C17H24N6O2S. The molecule has 0 aromatic carbocycles. The number of aromatic nitrogens is 4. The van der Waals surface area contributed by atoms with E-state index in [1.807, 2.05) is 13.8 Å². The third kappa shape index (κ3) is 5.04. The van der Waals surface area contributed by atoms with E-state index in [0.29, 0.717) is 17.5 Å². The average Bonchev–Trinajstić information content (AvgIpc) is 3.01. The highest BCUT2D eigenvalue weighted by molar-refractivity contribution is 7.99. The molecule has 0 saturated carbocycles. The standard InChI is InChI=1S/C17H24N6O2S/c1-5-7-8-13-11(3)19-15-21-17(22-23(15)12(13)4)26-10-14(24)20-16(25)18-9-6-2/h6H,2,5,7-10H2,1,3-4H3,(H2,18,20,24,25). The van der Waals surface area contributed by atoms with Gasteiger partial charge >= 0.3 is 6.03 Å². The number of hydrogen-bond acceptors (Lipinski definition) is 6. The Morgan fingerprint density at radius 3 is 2.77 bits per heavy atom. The minimum Gasteiger partial charge on any atom is -0.334 e. The maximum atomic E-state index is 11.8. The lowest BCUT2D eigenvalue weighted by Crippen LogP contribution is -2.40. The van der Waals surface area contributed by atoms with Gasteiger partial charge in [0.1, 0.15) is 0 Å². The molecule has 2 heterocycles. The van der Waals surface area contributed by atoms with Gasteiger partial charge in [-0.05, 0) is 32.3 Å². The number of unbranched alkanes of at least 4 members (excludes halogenated alkanes) is 1. The first-order valence-corrected chi connectivity index (χ1v) is 9.49. The van der Waals surface area contributed by atoms with E-state index in [4.69, 9.17) is 0 Å². The summed E-state index contributed by atoms with van der Waals surface area (Å²) >= 11 is 1.16. The first-order valence-electron chi connectivity index (χ1n) is 8.50. The van der Waals surface area contributed by atoms with Crippen molar-refractivity contribution in [3.63, 3.8) is 0 Å².